The maximum atomic E-state index is 6.13. The lowest BCUT2D eigenvalue weighted by molar-refractivity contribution is 0.272. The summed E-state index contributed by atoms with van der Waals surface area (Å²) in [5.41, 5.74) is 1.36. The van der Waals surface area contributed by atoms with Crippen molar-refractivity contribution < 1.29 is 0 Å². The molecule has 1 unspecified atom stereocenters. The molecular weight excluding hydrogens is 242 g/mol. The van der Waals surface area contributed by atoms with Crippen molar-refractivity contribution >= 4 is 11.6 Å². The van der Waals surface area contributed by atoms with E-state index < -0.39 is 0 Å². The molecule has 0 bridgehead atoms. The standard InChI is InChI=1S/C16H24ClN/c1-2-11-18-16(13-7-4-3-5-8-13)14-9-6-10-15(17)12-14/h6,9-10,12-13,16,18H,2-5,7-8,11H2,1H3. The first kappa shape index (κ1) is 13.9. The first-order valence-electron chi connectivity index (χ1n) is 7.30. The van der Waals surface area contributed by atoms with E-state index in [-0.39, 0.29) is 0 Å². The highest BCUT2D eigenvalue weighted by Crippen LogP contribution is 2.35. The predicted octanol–water partition coefficient (Wildman–Crippen LogP) is 4.96. The van der Waals surface area contributed by atoms with Gasteiger partial charge in [-0.2, -0.15) is 0 Å². The molecule has 1 N–H and O–H groups in total. The number of hydrogen-bond acceptors (Lipinski definition) is 1. The minimum absolute atomic E-state index is 0.490. The van der Waals surface area contributed by atoms with Gasteiger partial charge in [-0.25, -0.2) is 0 Å². The average Bonchev–Trinajstić information content (AvgIpc) is 2.40. The van der Waals surface area contributed by atoms with Gasteiger partial charge in [-0.3, -0.25) is 0 Å². The Kier molecular flexibility index (Phi) is 5.52. The third-order valence-corrected chi connectivity index (χ3v) is 4.18. The molecule has 1 atom stereocenters. The fourth-order valence-electron chi connectivity index (χ4n) is 3.02. The normalized spacial score (nSPS) is 18.8. The third kappa shape index (κ3) is 3.73. The molecule has 0 aliphatic heterocycles. The van der Waals surface area contributed by atoms with E-state index in [4.69, 9.17) is 11.6 Å². The van der Waals surface area contributed by atoms with Crippen molar-refractivity contribution in [1.82, 2.24) is 5.32 Å². The summed E-state index contributed by atoms with van der Waals surface area (Å²) in [6.45, 7) is 3.32. The van der Waals surface area contributed by atoms with Gasteiger partial charge in [0, 0.05) is 11.1 Å². The summed E-state index contributed by atoms with van der Waals surface area (Å²) in [6, 6.07) is 8.87. The van der Waals surface area contributed by atoms with Gasteiger partial charge in [0.2, 0.25) is 0 Å². The second kappa shape index (κ2) is 7.16. The Bertz CT molecular complexity index is 358. The van der Waals surface area contributed by atoms with E-state index in [2.05, 4.69) is 30.4 Å². The number of nitrogens with one attached hydrogen (secondary N) is 1. The van der Waals surface area contributed by atoms with E-state index in [1.807, 2.05) is 6.07 Å². The van der Waals surface area contributed by atoms with Crippen molar-refractivity contribution in [2.75, 3.05) is 6.54 Å². The smallest absolute Gasteiger partial charge is 0.0409 e. The van der Waals surface area contributed by atoms with Gasteiger partial charge in [0.05, 0.1) is 0 Å². The molecule has 2 heteroatoms. The van der Waals surface area contributed by atoms with Crippen molar-refractivity contribution in [3.63, 3.8) is 0 Å². The summed E-state index contributed by atoms with van der Waals surface area (Å²) < 4.78 is 0. The van der Waals surface area contributed by atoms with Crippen molar-refractivity contribution in [3.8, 4) is 0 Å². The lowest BCUT2D eigenvalue weighted by Gasteiger charge is -2.31. The molecule has 1 aliphatic rings. The van der Waals surface area contributed by atoms with Crippen LogP contribution in [0, 0.1) is 5.92 Å². The summed E-state index contributed by atoms with van der Waals surface area (Å²) in [6.07, 6.45) is 8.07. The number of halogens is 1. The molecule has 1 saturated carbocycles. The monoisotopic (exact) mass is 265 g/mol. The van der Waals surface area contributed by atoms with Crippen LogP contribution in [0.1, 0.15) is 57.1 Å². The molecule has 1 fully saturated rings. The molecule has 0 heterocycles. The fraction of sp³-hybridized carbons (Fsp3) is 0.625. The zero-order valence-corrected chi connectivity index (χ0v) is 12.0. The van der Waals surface area contributed by atoms with Gasteiger partial charge < -0.3 is 5.32 Å². The maximum absolute atomic E-state index is 6.13. The zero-order chi connectivity index (χ0) is 12.8. The number of benzene rings is 1. The maximum Gasteiger partial charge on any atom is 0.0409 e. The molecule has 0 amide bonds. The SMILES string of the molecule is CCCNC(c1cccc(Cl)c1)C1CCCCC1. The molecule has 0 spiro atoms. The van der Waals surface area contributed by atoms with Crippen LogP contribution in [0.3, 0.4) is 0 Å². The third-order valence-electron chi connectivity index (χ3n) is 3.94. The Morgan fingerprint density at radius 3 is 2.72 bits per heavy atom. The Morgan fingerprint density at radius 1 is 1.28 bits per heavy atom. The predicted molar refractivity (Wildman–Crippen MR) is 79.1 cm³/mol. The summed E-state index contributed by atoms with van der Waals surface area (Å²) in [4.78, 5) is 0. The molecular formula is C16H24ClN. The van der Waals surface area contributed by atoms with Crippen molar-refractivity contribution in [2.24, 2.45) is 5.92 Å². The van der Waals surface area contributed by atoms with Crippen LogP contribution in [0.2, 0.25) is 5.02 Å². The molecule has 0 saturated heterocycles. The van der Waals surface area contributed by atoms with E-state index in [1.165, 1.54) is 44.1 Å². The molecule has 18 heavy (non-hydrogen) atoms. The highest BCUT2D eigenvalue weighted by Gasteiger charge is 2.24. The second-order valence-electron chi connectivity index (χ2n) is 5.38. The van der Waals surface area contributed by atoms with Crippen LogP contribution < -0.4 is 5.32 Å². The molecule has 100 valence electrons. The summed E-state index contributed by atoms with van der Waals surface area (Å²) in [5.74, 6) is 0.781. The lowest BCUT2D eigenvalue weighted by Crippen LogP contribution is -2.30. The van der Waals surface area contributed by atoms with Crippen LogP contribution in [0.15, 0.2) is 24.3 Å². The van der Waals surface area contributed by atoms with Crippen LogP contribution in [0.4, 0.5) is 0 Å². The first-order chi connectivity index (χ1) is 8.81. The molecule has 1 aromatic rings. The summed E-state index contributed by atoms with van der Waals surface area (Å²) >= 11 is 6.13. The van der Waals surface area contributed by atoms with Crippen LogP contribution in [0.5, 0.6) is 0 Å². The van der Waals surface area contributed by atoms with Crippen LogP contribution in [-0.2, 0) is 0 Å². The van der Waals surface area contributed by atoms with E-state index in [1.54, 1.807) is 0 Å². The summed E-state index contributed by atoms with van der Waals surface area (Å²) in [5, 5.41) is 4.58. The van der Waals surface area contributed by atoms with Gasteiger partial charge in [-0.05, 0) is 49.4 Å². The quantitative estimate of drug-likeness (QED) is 0.793. The fourth-order valence-corrected chi connectivity index (χ4v) is 3.22. The van der Waals surface area contributed by atoms with E-state index >= 15 is 0 Å². The van der Waals surface area contributed by atoms with E-state index in [0.717, 1.165) is 17.5 Å². The molecule has 2 rings (SSSR count). The van der Waals surface area contributed by atoms with Crippen molar-refractivity contribution in [1.29, 1.82) is 0 Å². The molecule has 1 nitrogen and oxygen atoms in total. The van der Waals surface area contributed by atoms with E-state index in [9.17, 15) is 0 Å². The van der Waals surface area contributed by atoms with Gasteiger partial charge in [-0.15, -0.1) is 0 Å². The van der Waals surface area contributed by atoms with Crippen molar-refractivity contribution in [2.45, 2.75) is 51.5 Å². The minimum atomic E-state index is 0.490. The first-order valence-corrected chi connectivity index (χ1v) is 7.68. The van der Waals surface area contributed by atoms with Gasteiger partial charge in [0.1, 0.15) is 0 Å². The number of hydrogen-bond donors (Lipinski definition) is 1. The van der Waals surface area contributed by atoms with Crippen LogP contribution >= 0.6 is 11.6 Å². The average molecular weight is 266 g/mol. The van der Waals surface area contributed by atoms with Crippen LogP contribution in [0.25, 0.3) is 0 Å². The highest BCUT2D eigenvalue weighted by atomic mass is 35.5. The van der Waals surface area contributed by atoms with Gasteiger partial charge in [0.25, 0.3) is 0 Å². The van der Waals surface area contributed by atoms with Crippen LogP contribution in [-0.4, -0.2) is 6.54 Å². The summed E-state index contributed by atoms with van der Waals surface area (Å²) in [7, 11) is 0. The second-order valence-corrected chi connectivity index (χ2v) is 5.82. The Morgan fingerprint density at radius 2 is 2.06 bits per heavy atom. The minimum Gasteiger partial charge on any atom is -0.310 e. The lowest BCUT2D eigenvalue weighted by atomic mass is 9.81. The Hall–Kier alpha value is -0.530. The van der Waals surface area contributed by atoms with Gasteiger partial charge >= 0.3 is 0 Å². The van der Waals surface area contributed by atoms with Gasteiger partial charge in [0.15, 0.2) is 0 Å². The Balaban J connectivity index is 2.12. The van der Waals surface area contributed by atoms with E-state index in [0.29, 0.717) is 6.04 Å². The zero-order valence-electron chi connectivity index (χ0n) is 11.3. The van der Waals surface area contributed by atoms with Crippen molar-refractivity contribution in [3.05, 3.63) is 34.9 Å². The molecule has 1 aliphatic carbocycles. The molecule has 1 aromatic carbocycles. The van der Waals surface area contributed by atoms with Gasteiger partial charge in [-0.1, -0.05) is 49.9 Å². The number of rotatable bonds is 5. The largest absolute Gasteiger partial charge is 0.310 e. The Labute approximate surface area is 116 Å². The highest BCUT2D eigenvalue weighted by molar-refractivity contribution is 6.30. The molecule has 0 aromatic heterocycles. The molecule has 0 radical (unpaired) electrons. The topological polar surface area (TPSA) is 12.0 Å².